The number of hydrogen-bond donors (Lipinski definition) is 1. The molecule has 6 heteroatoms. The van der Waals surface area contributed by atoms with Gasteiger partial charge in [-0.05, 0) is 63.3 Å². The van der Waals surface area contributed by atoms with E-state index >= 15 is 0 Å². The molecule has 3 rings (SSSR count). The number of rotatable bonds is 5. The fraction of sp³-hybridized carbons (Fsp3) is 0.409. The average Bonchev–Trinajstić information content (AvgIpc) is 2.68. The Morgan fingerprint density at radius 2 is 1.75 bits per heavy atom. The molecule has 0 radical (unpaired) electrons. The maximum absolute atomic E-state index is 13.0. The number of piperidine rings is 1. The van der Waals surface area contributed by atoms with Crippen LogP contribution in [0.1, 0.15) is 39.9 Å². The smallest absolute Gasteiger partial charge is 0.254 e. The largest absolute Gasteiger partial charge is 0.338 e. The molecule has 2 aromatic carbocycles. The molecule has 1 N–H and O–H groups in total. The van der Waals surface area contributed by atoms with Crippen molar-refractivity contribution >= 4 is 15.9 Å². The van der Waals surface area contributed by atoms with Gasteiger partial charge in [-0.25, -0.2) is 13.1 Å². The van der Waals surface area contributed by atoms with Crippen molar-refractivity contribution in [2.75, 3.05) is 19.6 Å². The van der Waals surface area contributed by atoms with E-state index in [0.717, 1.165) is 35.1 Å². The third-order valence-electron chi connectivity index (χ3n) is 5.32. The summed E-state index contributed by atoms with van der Waals surface area (Å²) in [5.41, 5.74) is 3.79. The Morgan fingerprint density at radius 1 is 1.07 bits per heavy atom. The quantitative estimate of drug-likeness (QED) is 0.836. The molecule has 1 atom stereocenters. The lowest BCUT2D eigenvalue weighted by Crippen LogP contribution is -2.43. The Hall–Kier alpha value is -2.18. The van der Waals surface area contributed by atoms with Crippen LogP contribution in [0.15, 0.2) is 47.4 Å². The summed E-state index contributed by atoms with van der Waals surface area (Å²) in [6.45, 7) is 7.48. The summed E-state index contributed by atoms with van der Waals surface area (Å²) in [6.07, 6.45) is 1.79. The SMILES string of the molecule is Cc1ccc(S(=O)(=O)NCC2CCCN(C(=O)c3cc(C)ccc3C)C2)cc1. The van der Waals surface area contributed by atoms with Crippen LogP contribution in [0.5, 0.6) is 0 Å². The Labute approximate surface area is 167 Å². The topological polar surface area (TPSA) is 66.5 Å². The Morgan fingerprint density at radius 3 is 2.46 bits per heavy atom. The van der Waals surface area contributed by atoms with Gasteiger partial charge in [-0.2, -0.15) is 0 Å². The molecule has 1 heterocycles. The van der Waals surface area contributed by atoms with E-state index < -0.39 is 10.0 Å². The van der Waals surface area contributed by atoms with E-state index in [4.69, 9.17) is 0 Å². The first-order valence-electron chi connectivity index (χ1n) is 9.69. The molecule has 1 aliphatic heterocycles. The summed E-state index contributed by atoms with van der Waals surface area (Å²) < 4.78 is 27.7. The van der Waals surface area contributed by atoms with Gasteiger partial charge in [0.2, 0.25) is 10.0 Å². The average molecular weight is 401 g/mol. The van der Waals surface area contributed by atoms with Crippen molar-refractivity contribution in [2.24, 2.45) is 5.92 Å². The number of sulfonamides is 1. The second kappa shape index (κ2) is 8.45. The van der Waals surface area contributed by atoms with Crippen molar-refractivity contribution in [1.82, 2.24) is 9.62 Å². The summed E-state index contributed by atoms with van der Waals surface area (Å²) >= 11 is 0. The zero-order chi connectivity index (χ0) is 20.3. The predicted octanol–water partition coefficient (Wildman–Crippen LogP) is 3.44. The molecule has 28 heavy (non-hydrogen) atoms. The van der Waals surface area contributed by atoms with Gasteiger partial charge < -0.3 is 4.90 Å². The molecule has 1 amide bonds. The van der Waals surface area contributed by atoms with Gasteiger partial charge in [0.1, 0.15) is 0 Å². The minimum atomic E-state index is -3.53. The monoisotopic (exact) mass is 400 g/mol. The van der Waals surface area contributed by atoms with Crippen molar-refractivity contribution in [2.45, 2.75) is 38.5 Å². The molecule has 1 saturated heterocycles. The Bertz CT molecular complexity index is 952. The lowest BCUT2D eigenvalue weighted by molar-refractivity contribution is 0.0675. The van der Waals surface area contributed by atoms with Gasteiger partial charge in [0.25, 0.3) is 5.91 Å². The summed E-state index contributed by atoms with van der Waals surface area (Å²) in [5, 5.41) is 0. The van der Waals surface area contributed by atoms with Gasteiger partial charge in [0.15, 0.2) is 0 Å². The summed E-state index contributed by atoms with van der Waals surface area (Å²) in [6, 6.07) is 12.7. The van der Waals surface area contributed by atoms with Crippen LogP contribution in [-0.2, 0) is 10.0 Å². The highest BCUT2D eigenvalue weighted by Gasteiger charge is 2.26. The second-order valence-electron chi connectivity index (χ2n) is 7.74. The standard InChI is InChI=1S/C22H28N2O3S/c1-16-7-10-20(11-8-16)28(26,27)23-14-19-5-4-12-24(15-19)22(25)21-13-17(2)6-9-18(21)3/h6-11,13,19,23H,4-5,12,14-15H2,1-3H3. The van der Waals surface area contributed by atoms with E-state index in [2.05, 4.69) is 4.72 Å². The zero-order valence-corrected chi connectivity index (χ0v) is 17.6. The number of nitrogens with one attached hydrogen (secondary N) is 1. The highest BCUT2D eigenvalue weighted by molar-refractivity contribution is 7.89. The molecule has 0 spiro atoms. The summed E-state index contributed by atoms with van der Waals surface area (Å²) in [5.74, 6) is 0.148. The molecular weight excluding hydrogens is 372 g/mol. The first-order chi connectivity index (χ1) is 13.3. The highest BCUT2D eigenvalue weighted by atomic mass is 32.2. The van der Waals surface area contributed by atoms with Crippen LogP contribution >= 0.6 is 0 Å². The van der Waals surface area contributed by atoms with Crippen LogP contribution in [0.2, 0.25) is 0 Å². The number of carbonyl (C=O) groups is 1. The number of carbonyl (C=O) groups excluding carboxylic acids is 1. The number of nitrogens with zero attached hydrogens (tertiary/aromatic N) is 1. The first-order valence-corrected chi connectivity index (χ1v) is 11.2. The molecule has 2 aromatic rings. The molecular formula is C22H28N2O3S. The van der Waals surface area contributed by atoms with E-state index in [1.165, 1.54) is 0 Å². The van der Waals surface area contributed by atoms with Crippen molar-refractivity contribution in [3.63, 3.8) is 0 Å². The normalized spacial score (nSPS) is 17.5. The first kappa shape index (κ1) is 20.6. The molecule has 0 aromatic heterocycles. The van der Waals surface area contributed by atoms with Crippen LogP contribution in [0.3, 0.4) is 0 Å². The van der Waals surface area contributed by atoms with Crippen LogP contribution in [-0.4, -0.2) is 38.9 Å². The predicted molar refractivity (Wildman–Crippen MR) is 111 cm³/mol. The van der Waals surface area contributed by atoms with Gasteiger partial charge >= 0.3 is 0 Å². The van der Waals surface area contributed by atoms with E-state index in [0.29, 0.717) is 19.6 Å². The fourth-order valence-electron chi connectivity index (χ4n) is 3.58. The lowest BCUT2D eigenvalue weighted by atomic mass is 9.96. The highest BCUT2D eigenvalue weighted by Crippen LogP contribution is 2.21. The van der Waals surface area contributed by atoms with Crippen molar-refractivity contribution < 1.29 is 13.2 Å². The molecule has 0 bridgehead atoms. The minimum Gasteiger partial charge on any atom is -0.338 e. The van der Waals surface area contributed by atoms with Crippen molar-refractivity contribution in [1.29, 1.82) is 0 Å². The zero-order valence-electron chi connectivity index (χ0n) is 16.7. The molecule has 1 fully saturated rings. The van der Waals surface area contributed by atoms with Gasteiger partial charge in [-0.1, -0.05) is 35.4 Å². The maximum atomic E-state index is 13.0. The van der Waals surface area contributed by atoms with E-state index in [9.17, 15) is 13.2 Å². The minimum absolute atomic E-state index is 0.0345. The van der Waals surface area contributed by atoms with Crippen LogP contribution in [0, 0.1) is 26.7 Å². The third kappa shape index (κ3) is 4.80. The van der Waals surface area contributed by atoms with Crippen LogP contribution in [0.25, 0.3) is 0 Å². The van der Waals surface area contributed by atoms with E-state index in [1.54, 1.807) is 24.3 Å². The van der Waals surface area contributed by atoms with Gasteiger partial charge in [0.05, 0.1) is 4.90 Å². The molecule has 1 unspecified atom stereocenters. The van der Waals surface area contributed by atoms with Crippen molar-refractivity contribution in [3.05, 3.63) is 64.7 Å². The Balaban J connectivity index is 1.64. The maximum Gasteiger partial charge on any atom is 0.254 e. The molecule has 0 aliphatic carbocycles. The van der Waals surface area contributed by atoms with Gasteiger partial charge in [-0.3, -0.25) is 4.79 Å². The van der Waals surface area contributed by atoms with Crippen molar-refractivity contribution in [3.8, 4) is 0 Å². The molecule has 5 nitrogen and oxygen atoms in total. The number of hydrogen-bond acceptors (Lipinski definition) is 3. The third-order valence-corrected chi connectivity index (χ3v) is 6.76. The number of aryl methyl sites for hydroxylation is 3. The van der Waals surface area contributed by atoms with E-state index in [1.807, 2.05) is 43.9 Å². The number of benzene rings is 2. The summed E-state index contributed by atoms with van der Waals surface area (Å²) in [7, 11) is -3.53. The fourth-order valence-corrected chi connectivity index (χ4v) is 4.70. The lowest BCUT2D eigenvalue weighted by Gasteiger charge is -2.33. The van der Waals surface area contributed by atoms with Gasteiger partial charge in [-0.15, -0.1) is 0 Å². The molecule has 150 valence electrons. The molecule has 1 aliphatic rings. The number of likely N-dealkylation sites (tertiary alicyclic amines) is 1. The van der Waals surface area contributed by atoms with Gasteiger partial charge in [0, 0.05) is 25.2 Å². The second-order valence-corrected chi connectivity index (χ2v) is 9.51. The summed E-state index contributed by atoms with van der Waals surface area (Å²) in [4.78, 5) is 15.1. The van der Waals surface area contributed by atoms with Crippen LogP contribution < -0.4 is 4.72 Å². The Kier molecular flexibility index (Phi) is 6.20. The van der Waals surface area contributed by atoms with Crippen LogP contribution in [0.4, 0.5) is 0 Å². The van der Waals surface area contributed by atoms with E-state index in [-0.39, 0.29) is 16.7 Å². The molecule has 0 saturated carbocycles. The number of amides is 1.